The van der Waals surface area contributed by atoms with E-state index in [1.54, 1.807) is 18.3 Å². The summed E-state index contributed by atoms with van der Waals surface area (Å²) in [6, 6.07) is 13.1. The average Bonchev–Trinajstić information content (AvgIpc) is 3.04. The third-order valence-corrected chi connectivity index (χ3v) is 3.10. The number of para-hydroxylation sites is 1. The van der Waals surface area contributed by atoms with Crippen LogP contribution in [0.4, 0.5) is 0 Å². The quantitative estimate of drug-likeness (QED) is 0.719. The van der Waals surface area contributed by atoms with Crippen LogP contribution in [-0.4, -0.2) is 20.3 Å². The van der Waals surface area contributed by atoms with Gasteiger partial charge in [0.15, 0.2) is 6.10 Å². The van der Waals surface area contributed by atoms with Crippen LogP contribution in [0.25, 0.3) is 11.5 Å². The molecule has 0 amide bonds. The standard InChI is InChI=1S/C16H16N4O2/c1-11(2)14(21-12-7-4-3-5-8-12)16-18-15(20-22-16)13-9-6-10-17-19-13/h3-11,14H,1-2H3/t14-/m1/s1. The molecule has 0 saturated heterocycles. The first kappa shape index (κ1) is 14.2. The zero-order valence-corrected chi connectivity index (χ0v) is 12.4. The Labute approximate surface area is 128 Å². The average molecular weight is 296 g/mol. The number of rotatable bonds is 5. The summed E-state index contributed by atoms with van der Waals surface area (Å²) >= 11 is 0. The topological polar surface area (TPSA) is 73.9 Å². The van der Waals surface area contributed by atoms with Crippen LogP contribution >= 0.6 is 0 Å². The van der Waals surface area contributed by atoms with E-state index in [1.807, 2.05) is 44.2 Å². The number of hydrogen-bond donors (Lipinski definition) is 0. The predicted molar refractivity (Wildman–Crippen MR) is 80.0 cm³/mol. The molecule has 0 radical (unpaired) electrons. The largest absolute Gasteiger partial charge is 0.480 e. The van der Waals surface area contributed by atoms with Gasteiger partial charge < -0.3 is 9.26 Å². The number of benzene rings is 1. The molecule has 112 valence electrons. The maximum absolute atomic E-state index is 5.98. The second-order valence-electron chi connectivity index (χ2n) is 5.16. The lowest BCUT2D eigenvalue weighted by Gasteiger charge is -2.18. The Morgan fingerprint density at radius 1 is 1.05 bits per heavy atom. The van der Waals surface area contributed by atoms with E-state index in [0.717, 1.165) is 5.75 Å². The van der Waals surface area contributed by atoms with Gasteiger partial charge in [0, 0.05) is 6.20 Å². The van der Waals surface area contributed by atoms with Gasteiger partial charge in [-0.2, -0.15) is 10.1 Å². The Hall–Kier alpha value is -2.76. The summed E-state index contributed by atoms with van der Waals surface area (Å²) in [7, 11) is 0. The van der Waals surface area contributed by atoms with Crippen molar-refractivity contribution in [2.45, 2.75) is 20.0 Å². The van der Waals surface area contributed by atoms with Crippen molar-refractivity contribution in [3.63, 3.8) is 0 Å². The zero-order valence-electron chi connectivity index (χ0n) is 12.4. The summed E-state index contributed by atoms with van der Waals surface area (Å²) in [5.41, 5.74) is 0.569. The second-order valence-corrected chi connectivity index (χ2v) is 5.16. The number of nitrogens with zero attached hydrogens (tertiary/aromatic N) is 4. The third kappa shape index (κ3) is 3.11. The van der Waals surface area contributed by atoms with Crippen LogP contribution in [0.5, 0.6) is 5.75 Å². The fraction of sp³-hybridized carbons (Fsp3) is 0.250. The number of hydrogen-bond acceptors (Lipinski definition) is 6. The van der Waals surface area contributed by atoms with E-state index in [1.165, 1.54) is 0 Å². The van der Waals surface area contributed by atoms with Gasteiger partial charge in [0.05, 0.1) is 0 Å². The molecule has 22 heavy (non-hydrogen) atoms. The summed E-state index contributed by atoms with van der Waals surface area (Å²) < 4.78 is 11.3. The molecule has 0 aliphatic carbocycles. The van der Waals surface area contributed by atoms with Crippen LogP contribution in [0.1, 0.15) is 25.8 Å². The number of aromatic nitrogens is 4. The molecular formula is C16H16N4O2. The molecule has 6 nitrogen and oxygen atoms in total. The molecule has 0 aliphatic heterocycles. The monoisotopic (exact) mass is 296 g/mol. The highest BCUT2D eigenvalue weighted by Gasteiger charge is 2.25. The lowest BCUT2D eigenvalue weighted by molar-refractivity contribution is 0.114. The van der Waals surface area contributed by atoms with E-state index < -0.39 is 0 Å². The summed E-state index contributed by atoms with van der Waals surface area (Å²) in [4.78, 5) is 4.39. The first-order chi connectivity index (χ1) is 10.7. The lowest BCUT2D eigenvalue weighted by atomic mass is 10.1. The van der Waals surface area contributed by atoms with Crippen molar-refractivity contribution in [3.05, 3.63) is 54.6 Å². The molecule has 6 heteroatoms. The lowest BCUT2D eigenvalue weighted by Crippen LogP contribution is -2.14. The van der Waals surface area contributed by atoms with Crippen molar-refractivity contribution in [2.75, 3.05) is 0 Å². The van der Waals surface area contributed by atoms with Gasteiger partial charge in [-0.25, -0.2) is 0 Å². The molecule has 0 spiro atoms. The highest BCUT2D eigenvalue weighted by atomic mass is 16.5. The molecule has 0 fully saturated rings. The van der Waals surface area contributed by atoms with Crippen LogP contribution in [0.2, 0.25) is 0 Å². The molecule has 1 aromatic carbocycles. The van der Waals surface area contributed by atoms with Crippen LogP contribution in [0, 0.1) is 5.92 Å². The summed E-state index contributed by atoms with van der Waals surface area (Å²) in [6.45, 7) is 4.08. The molecule has 0 aliphatic rings. The molecule has 0 saturated carbocycles. The minimum atomic E-state index is -0.319. The van der Waals surface area contributed by atoms with Crippen LogP contribution in [0.15, 0.2) is 53.2 Å². The van der Waals surface area contributed by atoms with Crippen LogP contribution in [0.3, 0.4) is 0 Å². The smallest absolute Gasteiger partial charge is 0.268 e. The fourth-order valence-corrected chi connectivity index (χ4v) is 1.99. The van der Waals surface area contributed by atoms with Gasteiger partial charge in [0.25, 0.3) is 5.89 Å². The van der Waals surface area contributed by atoms with Gasteiger partial charge in [0.1, 0.15) is 11.4 Å². The van der Waals surface area contributed by atoms with E-state index in [9.17, 15) is 0 Å². The molecule has 0 bridgehead atoms. The Balaban J connectivity index is 1.85. The van der Waals surface area contributed by atoms with Crippen molar-refractivity contribution < 1.29 is 9.26 Å². The number of ether oxygens (including phenoxy) is 1. The first-order valence-corrected chi connectivity index (χ1v) is 7.07. The normalized spacial score (nSPS) is 12.3. The Morgan fingerprint density at radius 3 is 2.55 bits per heavy atom. The fourth-order valence-electron chi connectivity index (χ4n) is 1.99. The van der Waals surface area contributed by atoms with Crippen molar-refractivity contribution >= 4 is 0 Å². The minimum Gasteiger partial charge on any atom is -0.480 e. The third-order valence-electron chi connectivity index (χ3n) is 3.10. The molecule has 2 heterocycles. The maximum Gasteiger partial charge on any atom is 0.268 e. The summed E-state index contributed by atoms with van der Waals surface area (Å²) in [5, 5.41) is 11.8. The Morgan fingerprint density at radius 2 is 1.86 bits per heavy atom. The summed E-state index contributed by atoms with van der Waals surface area (Å²) in [5.74, 6) is 1.78. The van der Waals surface area contributed by atoms with Gasteiger partial charge in [-0.05, 0) is 30.2 Å². The van der Waals surface area contributed by atoms with Gasteiger partial charge in [-0.15, -0.1) is 5.10 Å². The van der Waals surface area contributed by atoms with Gasteiger partial charge >= 0.3 is 0 Å². The van der Waals surface area contributed by atoms with Gasteiger partial charge in [0.2, 0.25) is 5.82 Å². The molecular weight excluding hydrogens is 280 g/mol. The van der Waals surface area contributed by atoms with Crippen molar-refractivity contribution in [3.8, 4) is 17.3 Å². The molecule has 0 unspecified atom stereocenters. The minimum absolute atomic E-state index is 0.176. The van der Waals surface area contributed by atoms with Crippen molar-refractivity contribution in [1.82, 2.24) is 20.3 Å². The van der Waals surface area contributed by atoms with E-state index in [-0.39, 0.29) is 12.0 Å². The van der Waals surface area contributed by atoms with E-state index in [2.05, 4.69) is 20.3 Å². The Bertz CT molecular complexity index is 713. The van der Waals surface area contributed by atoms with Crippen molar-refractivity contribution in [2.24, 2.45) is 5.92 Å². The molecule has 2 aromatic heterocycles. The molecule has 0 N–H and O–H groups in total. The summed E-state index contributed by atoms with van der Waals surface area (Å²) in [6.07, 6.45) is 1.28. The molecule has 3 rings (SSSR count). The highest BCUT2D eigenvalue weighted by molar-refractivity contribution is 5.46. The second kappa shape index (κ2) is 6.34. The van der Waals surface area contributed by atoms with E-state index >= 15 is 0 Å². The molecule has 3 aromatic rings. The SMILES string of the molecule is CC(C)[C@@H](Oc1ccccc1)c1nc(-c2cccnn2)no1. The van der Waals surface area contributed by atoms with Gasteiger partial charge in [-0.3, -0.25) is 0 Å². The molecule has 1 atom stereocenters. The van der Waals surface area contributed by atoms with Crippen LogP contribution in [-0.2, 0) is 0 Å². The Kier molecular flexibility index (Phi) is 4.09. The van der Waals surface area contributed by atoms with E-state index in [4.69, 9.17) is 9.26 Å². The highest BCUT2D eigenvalue weighted by Crippen LogP contribution is 2.28. The van der Waals surface area contributed by atoms with E-state index in [0.29, 0.717) is 17.4 Å². The maximum atomic E-state index is 5.98. The zero-order chi connectivity index (χ0) is 15.4. The predicted octanol–water partition coefficient (Wildman–Crippen LogP) is 3.30. The van der Waals surface area contributed by atoms with Gasteiger partial charge in [-0.1, -0.05) is 37.2 Å². The van der Waals surface area contributed by atoms with Crippen LogP contribution < -0.4 is 4.74 Å². The first-order valence-electron chi connectivity index (χ1n) is 7.07. The van der Waals surface area contributed by atoms with Crippen molar-refractivity contribution in [1.29, 1.82) is 0 Å².